The molecule has 1 N–H and O–H groups in total. The van der Waals surface area contributed by atoms with E-state index in [0.717, 1.165) is 61.5 Å². The number of likely N-dealkylation sites (N-methyl/N-ethyl adjacent to an activating group) is 1. The zero-order valence-corrected chi connectivity index (χ0v) is 16.1. The van der Waals surface area contributed by atoms with Crippen molar-refractivity contribution < 1.29 is 4.79 Å². The van der Waals surface area contributed by atoms with Crippen LogP contribution >= 0.6 is 0 Å². The summed E-state index contributed by atoms with van der Waals surface area (Å²) >= 11 is 0. The molecule has 2 aromatic carbocycles. The van der Waals surface area contributed by atoms with E-state index >= 15 is 0 Å². The molecule has 1 saturated heterocycles. The largest absolute Gasteiger partial charge is 0.354 e. The Bertz CT molecular complexity index is 1030. The molecule has 1 amide bonds. The number of anilines is 2. The molecule has 0 unspecified atom stereocenters. The van der Waals surface area contributed by atoms with Crippen molar-refractivity contribution in [1.82, 2.24) is 9.88 Å². The molecule has 1 aliphatic carbocycles. The van der Waals surface area contributed by atoms with E-state index in [1.807, 2.05) is 18.2 Å². The summed E-state index contributed by atoms with van der Waals surface area (Å²) in [6.45, 7) is 4.06. The molecule has 0 saturated carbocycles. The Kier molecular flexibility index (Phi) is 4.24. The monoisotopic (exact) mass is 372 g/mol. The van der Waals surface area contributed by atoms with Crippen LogP contribution in [0.15, 0.2) is 48.7 Å². The second-order valence-electron chi connectivity index (χ2n) is 7.76. The molecule has 1 aromatic heterocycles. The maximum Gasteiger partial charge on any atom is 0.256 e. The number of benzene rings is 2. The first-order valence-electron chi connectivity index (χ1n) is 9.93. The van der Waals surface area contributed by atoms with Crippen molar-refractivity contribution in [1.29, 1.82) is 0 Å². The van der Waals surface area contributed by atoms with Crippen molar-refractivity contribution >= 4 is 28.2 Å². The summed E-state index contributed by atoms with van der Waals surface area (Å²) in [5.74, 6) is 0.890. The summed E-state index contributed by atoms with van der Waals surface area (Å²) in [7, 11) is 2.14. The third-order valence-electron chi connectivity index (χ3n) is 5.95. The van der Waals surface area contributed by atoms with Gasteiger partial charge >= 0.3 is 0 Å². The van der Waals surface area contributed by atoms with Crippen molar-refractivity contribution in [2.75, 3.05) is 43.4 Å². The average Bonchev–Trinajstić information content (AvgIpc) is 3.14. The normalized spacial score (nSPS) is 16.5. The van der Waals surface area contributed by atoms with Crippen molar-refractivity contribution in [3.05, 3.63) is 65.4 Å². The number of nitrogens with one attached hydrogen (secondary N) is 1. The number of aryl methyl sites for hydroxylation is 2. The summed E-state index contributed by atoms with van der Waals surface area (Å²) < 4.78 is 0. The summed E-state index contributed by atoms with van der Waals surface area (Å²) in [5, 5.41) is 5.33. The van der Waals surface area contributed by atoms with E-state index < -0.39 is 0 Å². The van der Waals surface area contributed by atoms with Gasteiger partial charge in [0.1, 0.15) is 5.82 Å². The quantitative estimate of drug-likeness (QED) is 0.766. The van der Waals surface area contributed by atoms with Gasteiger partial charge in [-0.15, -0.1) is 0 Å². The van der Waals surface area contributed by atoms with Gasteiger partial charge in [0.15, 0.2) is 0 Å². The molecule has 5 heteroatoms. The van der Waals surface area contributed by atoms with Crippen LogP contribution in [0.2, 0.25) is 0 Å². The summed E-state index contributed by atoms with van der Waals surface area (Å²) in [5.41, 5.74) is 4.15. The fourth-order valence-electron chi connectivity index (χ4n) is 4.33. The van der Waals surface area contributed by atoms with Crippen LogP contribution in [0, 0.1) is 0 Å². The molecule has 0 spiro atoms. The van der Waals surface area contributed by atoms with E-state index in [9.17, 15) is 4.79 Å². The van der Waals surface area contributed by atoms with E-state index in [1.165, 1.54) is 16.5 Å². The summed E-state index contributed by atoms with van der Waals surface area (Å²) in [6, 6.07) is 14.3. The molecular formula is C23H24N4O. The van der Waals surface area contributed by atoms with Crippen LogP contribution in [0.4, 0.5) is 11.5 Å². The van der Waals surface area contributed by atoms with E-state index in [1.54, 1.807) is 6.20 Å². The molecular weight excluding hydrogens is 348 g/mol. The Morgan fingerprint density at radius 2 is 1.75 bits per heavy atom. The number of hydrogen-bond acceptors (Lipinski definition) is 4. The first-order valence-corrected chi connectivity index (χ1v) is 9.93. The van der Waals surface area contributed by atoms with Gasteiger partial charge in [0.05, 0.1) is 11.9 Å². The van der Waals surface area contributed by atoms with Gasteiger partial charge < -0.3 is 15.1 Å². The van der Waals surface area contributed by atoms with Crippen molar-refractivity contribution in [2.24, 2.45) is 0 Å². The molecule has 5 nitrogen and oxygen atoms in total. The van der Waals surface area contributed by atoms with Gasteiger partial charge in [0, 0.05) is 31.7 Å². The minimum Gasteiger partial charge on any atom is -0.354 e. The topological polar surface area (TPSA) is 48.5 Å². The zero-order valence-electron chi connectivity index (χ0n) is 16.1. The molecule has 3 aromatic rings. The molecule has 5 rings (SSSR count). The lowest BCUT2D eigenvalue weighted by molar-refractivity contribution is 0.102. The first-order chi connectivity index (χ1) is 13.7. The fourth-order valence-corrected chi connectivity index (χ4v) is 4.33. The van der Waals surface area contributed by atoms with E-state index in [-0.39, 0.29) is 5.91 Å². The SMILES string of the molecule is CN1CCN(c2ccc(NC(=O)c3ccc4c5c(cccc35)CC4)cn2)CC1. The predicted molar refractivity (Wildman–Crippen MR) is 113 cm³/mol. The highest BCUT2D eigenvalue weighted by atomic mass is 16.1. The number of hydrogen-bond donors (Lipinski definition) is 1. The number of carbonyl (C=O) groups is 1. The number of carbonyl (C=O) groups excluding carboxylic acids is 1. The standard InChI is InChI=1S/C23H24N4O/c1-26-11-13-27(14-12-26)21-10-8-18(15-24-21)25-23(28)20-9-7-17-6-5-16-3-2-4-19(20)22(16)17/h2-4,7-10,15H,5-6,11-14H2,1H3,(H,25,28). The maximum atomic E-state index is 12.9. The van der Waals surface area contributed by atoms with Gasteiger partial charge in [-0.1, -0.05) is 24.3 Å². The molecule has 142 valence electrons. The average molecular weight is 372 g/mol. The fraction of sp³-hybridized carbons (Fsp3) is 0.304. The molecule has 2 aliphatic rings. The Hall–Kier alpha value is -2.92. The van der Waals surface area contributed by atoms with Crippen LogP contribution in [0.1, 0.15) is 21.5 Å². The molecule has 1 fully saturated rings. The minimum atomic E-state index is -0.0789. The lowest BCUT2D eigenvalue weighted by Gasteiger charge is -2.33. The molecule has 28 heavy (non-hydrogen) atoms. The maximum absolute atomic E-state index is 12.9. The summed E-state index contributed by atoms with van der Waals surface area (Å²) in [4.78, 5) is 22.1. The van der Waals surface area contributed by atoms with Gasteiger partial charge in [-0.2, -0.15) is 0 Å². The smallest absolute Gasteiger partial charge is 0.256 e. The van der Waals surface area contributed by atoms with Crippen LogP contribution in [0.5, 0.6) is 0 Å². The Balaban J connectivity index is 1.36. The van der Waals surface area contributed by atoms with E-state index in [2.05, 4.69) is 51.4 Å². The Morgan fingerprint density at radius 3 is 2.50 bits per heavy atom. The number of pyridine rings is 1. The lowest BCUT2D eigenvalue weighted by Crippen LogP contribution is -2.44. The molecule has 1 aliphatic heterocycles. The molecule has 0 radical (unpaired) electrons. The Labute approximate surface area is 165 Å². The number of piperazine rings is 1. The van der Waals surface area contributed by atoms with Gasteiger partial charge in [-0.25, -0.2) is 4.98 Å². The second kappa shape index (κ2) is 6.91. The predicted octanol–water partition coefficient (Wildman–Crippen LogP) is 3.34. The highest BCUT2D eigenvalue weighted by molar-refractivity contribution is 6.14. The van der Waals surface area contributed by atoms with Crippen LogP contribution in [-0.4, -0.2) is 49.0 Å². The highest BCUT2D eigenvalue weighted by Crippen LogP contribution is 2.33. The number of rotatable bonds is 3. The van der Waals surface area contributed by atoms with Crippen molar-refractivity contribution in [3.8, 4) is 0 Å². The van der Waals surface area contributed by atoms with Gasteiger partial charge in [0.2, 0.25) is 0 Å². The summed E-state index contributed by atoms with van der Waals surface area (Å²) in [6.07, 6.45) is 3.89. The van der Waals surface area contributed by atoms with Crippen LogP contribution < -0.4 is 10.2 Å². The zero-order chi connectivity index (χ0) is 19.1. The van der Waals surface area contributed by atoms with Gasteiger partial charge in [-0.05, 0) is 60.0 Å². The number of amides is 1. The van der Waals surface area contributed by atoms with Gasteiger partial charge in [0.25, 0.3) is 5.91 Å². The van der Waals surface area contributed by atoms with Crippen LogP contribution in [-0.2, 0) is 12.8 Å². The lowest BCUT2D eigenvalue weighted by atomic mass is 9.99. The second-order valence-corrected chi connectivity index (χ2v) is 7.76. The van der Waals surface area contributed by atoms with E-state index in [0.29, 0.717) is 0 Å². The highest BCUT2D eigenvalue weighted by Gasteiger charge is 2.19. The van der Waals surface area contributed by atoms with Gasteiger partial charge in [-0.3, -0.25) is 4.79 Å². The van der Waals surface area contributed by atoms with Crippen molar-refractivity contribution in [2.45, 2.75) is 12.8 Å². The minimum absolute atomic E-state index is 0.0789. The Morgan fingerprint density at radius 1 is 0.964 bits per heavy atom. The number of aromatic nitrogens is 1. The van der Waals surface area contributed by atoms with Crippen LogP contribution in [0.25, 0.3) is 10.8 Å². The molecule has 2 heterocycles. The third kappa shape index (κ3) is 3.02. The first kappa shape index (κ1) is 17.2. The third-order valence-corrected chi connectivity index (χ3v) is 5.95. The molecule has 0 atom stereocenters. The van der Waals surface area contributed by atoms with E-state index in [4.69, 9.17) is 0 Å². The number of nitrogens with zero attached hydrogens (tertiary/aromatic N) is 3. The van der Waals surface area contributed by atoms with Crippen LogP contribution in [0.3, 0.4) is 0 Å². The molecule has 0 bridgehead atoms. The van der Waals surface area contributed by atoms with Crippen molar-refractivity contribution in [3.63, 3.8) is 0 Å².